The Hall–Kier alpha value is -1.26. The van der Waals surface area contributed by atoms with E-state index in [-0.39, 0.29) is 6.03 Å². The van der Waals surface area contributed by atoms with Gasteiger partial charge < -0.3 is 15.7 Å². The van der Waals surface area contributed by atoms with Crippen molar-refractivity contribution < 1.29 is 14.7 Å². The molecule has 0 saturated heterocycles. The number of rotatable bonds is 8. The molecule has 1 aliphatic rings. The van der Waals surface area contributed by atoms with Crippen LogP contribution in [0.15, 0.2) is 0 Å². The molecule has 0 aliphatic heterocycles. The highest BCUT2D eigenvalue weighted by molar-refractivity contribution is 5.82. The molecular formula is C16H30N2O3. The SMILES string of the molecule is CCCC[C@H](NC(=O)NCCC1CCC(C)CC1)C(=O)O. The summed E-state index contributed by atoms with van der Waals surface area (Å²) < 4.78 is 0. The third kappa shape index (κ3) is 7.34. The molecule has 5 nitrogen and oxygen atoms in total. The zero-order valence-electron chi connectivity index (χ0n) is 13.4. The van der Waals surface area contributed by atoms with Gasteiger partial charge in [0.2, 0.25) is 0 Å². The number of carboxylic acids is 1. The fourth-order valence-electron chi connectivity index (χ4n) is 2.88. The topological polar surface area (TPSA) is 78.4 Å². The van der Waals surface area contributed by atoms with Crippen LogP contribution >= 0.6 is 0 Å². The molecule has 0 aromatic rings. The van der Waals surface area contributed by atoms with Crippen molar-refractivity contribution in [3.05, 3.63) is 0 Å². The Bertz CT molecular complexity index is 325. The minimum Gasteiger partial charge on any atom is -0.480 e. The predicted molar refractivity (Wildman–Crippen MR) is 83.2 cm³/mol. The highest BCUT2D eigenvalue weighted by atomic mass is 16.4. The number of unbranched alkanes of at least 4 members (excludes halogenated alkanes) is 1. The molecular weight excluding hydrogens is 268 g/mol. The Kier molecular flexibility index (Phi) is 8.16. The highest BCUT2D eigenvalue weighted by Crippen LogP contribution is 2.29. The van der Waals surface area contributed by atoms with Crippen LogP contribution in [0.25, 0.3) is 0 Å². The minimum absolute atomic E-state index is 0.359. The molecule has 0 spiro atoms. The maximum absolute atomic E-state index is 11.7. The van der Waals surface area contributed by atoms with Crippen LogP contribution in [0.3, 0.4) is 0 Å². The van der Waals surface area contributed by atoms with E-state index < -0.39 is 12.0 Å². The molecule has 1 aliphatic carbocycles. The Balaban J connectivity index is 2.18. The molecule has 1 rings (SSSR count). The maximum Gasteiger partial charge on any atom is 0.326 e. The van der Waals surface area contributed by atoms with Crippen molar-refractivity contribution in [2.24, 2.45) is 11.8 Å². The summed E-state index contributed by atoms with van der Waals surface area (Å²) in [6.07, 6.45) is 8.28. The first-order valence-corrected chi connectivity index (χ1v) is 8.30. The monoisotopic (exact) mass is 298 g/mol. The van der Waals surface area contributed by atoms with Gasteiger partial charge in [0.15, 0.2) is 0 Å². The first kappa shape index (κ1) is 17.8. The number of aliphatic carboxylic acids is 1. The number of hydrogen-bond donors (Lipinski definition) is 3. The molecule has 2 amide bonds. The quantitative estimate of drug-likeness (QED) is 0.644. The highest BCUT2D eigenvalue weighted by Gasteiger charge is 2.20. The van der Waals surface area contributed by atoms with Crippen molar-refractivity contribution >= 4 is 12.0 Å². The van der Waals surface area contributed by atoms with E-state index in [2.05, 4.69) is 17.6 Å². The lowest BCUT2D eigenvalue weighted by atomic mass is 9.81. The number of carbonyl (C=O) groups is 2. The normalized spacial score (nSPS) is 23.3. The smallest absolute Gasteiger partial charge is 0.326 e. The van der Waals surface area contributed by atoms with Crippen LogP contribution in [0.4, 0.5) is 4.79 Å². The number of carboxylic acid groups (broad SMARTS) is 1. The molecule has 1 atom stereocenters. The Labute approximate surface area is 127 Å². The number of carbonyl (C=O) groups excluding carboxylic acids is 1. The van der Waals surface area contributed by atoms with Gasteiger partial charge in [-0.05, 0) is 24.7 Å². The third-order valence-electron chi connectivity index (χ3n) is 4.42. The molecule has 0 radical (unpaired) electrons. The number of hydrogen-bond acceptors (Lipinski definition) is 2. The van der Waals surface area contributed by atoms with Crippen LogP contribution in [0.5, 0.6) is 0 Å². The third-order valence-corrected chi connectivity index (χ3v) is 4.42. The average Bonchev–Trinajstić information content (AvgIpc) is 2.45. The van der Waals surface area contributed by atoms with E-state index in [9.17, 15) is 9.59 Å². The standard InChI is InChI=1S/C16H30N2O3/c1-3-4-5-14(15(19)20)18-16(21)17-11-10-13-8-6-12(2)7-9-13/h12-14H,3-11H2,1-2H3,(H,19,20)(H2,17,18,21)/t12?,13?,14-/m0/s1. The molecule has 1 fully saturated rings. The summed E-state index contributed by atoms with van der Waals surface area (Å²) in [5.41, 5.74) is 0. The van der Waals surface area contributed by atoms with Crippen LogP contribution in [0, 0.1) is 11.8 Å². The van der Waals surface area contributed by atoms with Gasteiger partial charge in [0, 0.05) is 6.54 Å². The van der Waals surface area contributed by atoms with E-state index in [0.29, 0.717) is 18.9 Å². The first-order chi connectivity index (χ1) is 10.0. The predicted octanol–water partition coefficient (Wildman–Crippen LogP) is 3.15. The van der Waals surface area contributed by atoms with E-state index >= 15 is 0 Å². The van der Waals surface area contributed by atoms with Gasteiger partial charge in [-0.25, -0.2) is 9.59 Å². The van der Waals surface area contributed by atoms with E-state index in [1.54, 1.807) is 0 Å². The number of amides is 2. The van der Waals surface area contributed by atoms with Crippen molar-refractivity contribution in [1.29, 1.82) is 0 Å². The van der Waals surface area contributed by atoms with E-state index in [0.717, 1.165) is 25.2 Å². The van der Waals surface area contributed by atoms with Crippen LogP contribution in [-0.4, -0.2) is 29.7 Å². The molecule has 0 aromatic carbocycles. The molecule has 122 valence electrons. The lowest BCUT2D eigenvalue weighted by Gasteiger charge is -2.26. The Morgan fingerprint density at radius 2 is 1.90 bits per heavy atom. The first-order valence-electron chi connectivity index (χ1n) is 8.30. The lowest BCUT2D eigenvalue weighted by Crippen LogP contribution is -2.46. The summed E-state index contributed by atoms with van der Waals surface area (Å²) in [5.74, 6) is 0.587. The summed E-state index contributed by atoms with van der Waals surface area (Å²) in [4.78, 5) is 22.8. The molecule has 5 heteroatoms. The van der Waals surface area contributed by atoms with Gasteiger partial charge in [0.25, 0.3) is 0 Å². The Morgan fingerprint density at radius 1 is 1.24 bits per heavy atom. The average molecular weight is 298 g/mol. The molecule has 3 N–H and O–H groups in total. The van der Waals surface area contributed by atoms with Crippen molar-refractivity contribution in [1.82, 2.24) is 10.6 Å². The molecule has 1 saturated carbocycles. The van der Waals surface area contributed by atoms with Gasteiger partial charge in [-0.3, -0.25) is 0 Å². The second kappa shape index (κ2) is 9.64. The number of nitrogens with one attached hydrogen (secondary N) is 2. The lowest BCUT2D eigenvalue weighted by molar-refractivity contribution is -0.139. The van der Waals surface area contributed by atoms with Gasteiger partial charge >= 0.3 is 12.0 Å². The van der Waals surface area contributed by atoms with Crippen LogP contribution in [0.2, 0.25) is 0 Å². The molecule has 0 unspecified atom stereocenters. The maximum atomic E-state index is 11.7. The fourth-order valence-corrected chi connectivity index (χ4v) is 2.88. The summed E-state index contributed by atoms with van der Waals surface area (Å²) in [7, 11) is 0. The second-order valence-corrected chi connectivity index (χ2v) is 6.35. The van der Waals surface area contributed by atoms with Gasteiger partial charge in [0.1, 0.15) is 6.04 Å². The molecule has 0 aromatic heterocycles. The van der Waals surface area contributed by atoms with E-state index in [4.69, 9.17) is 5.11 Å². The fraction of sp³-hybridized carbons (Fsp3) is 0.875. The van der Waals surface area contributed by atoms with Gasteiger partial charge in [-0.2, -0.15) is 0 Å². The van der Waals surface area contributed by atoms with Crippen LogP contribution in [0.1, 0.15) is 65.2 Å². The zero-order chi connectivity index (χ0) is 15.7. The molecule has 21 heavy (non-hydrogen) atoms. The van der Waals surface area contributed by atoms with E-state index in [1.807, 2.05) is 6.92 Å². The molecule has 0 heterocycles. The zero-order valence-corrected chi connectivity index (χ0v) is 13.4. The van der Waals surface area contributed by atoms with Crippen molar-refractivity contribution in [2.75, 3.05) is 6.54 Å². The van der Waals surface area contributed by atoms with Crippen molar-refractivity contribution in [3.8, 4) is 0 Å². The summed E-state index contributed by atoms with van der Waals surface area (Å²) in [6, 6.07) is -1.14. The van der Waals surface area contributed by atoms with Gasteiger partial charge in [-0.15, -0.1) is 0 Å². The van der Waals surface area contributed by atoms with Crippen molar-refractivity contribution in [3.63, 3.8) is 0 Å². The minimum atomic E-state index is -0.958. The summed E-state index contributed by atoms with van der Waals surface area (Å²) in [6.45, 7) is 4.93. The summed E-state index contributed by atoms with van der Waals surface area (Å²) in [5, 5.41) is 14.4. The van der Waals surface area contributed by atoms with Gasteiger partial charge in [-0.1, -0.05) is 52.4 Å². The van der Waals surface area contributed by atoms with Crippen LogP contribution < -0.4 is 10.6 Å². The number of urea groups is 1. The second-order valence-electron chi connectivity index (χ2n) is 6.35. The van der Waals surface area contributed by atoms with Gasteiger partial charge in [0.05, 0.1) is 0 Å². The summed E-state index contributed by atoms with van der Waals surface area (Å²) >= 11 is 0. The van der Waals surface area contributed by atoms with Crippen molar-refractivity contribution in [2.45, 2.75) is 71.3 Å². The Morgan fingerprint density at radius 3 is 2.48 bits per heavy atom. The molecule has 0 bridgehead atoms. The van der Waals surface area contributed by atoms with Crippen LogP contribution in [-0.2, 0) is 4.79 Å². The largest absolute Gasteiger partial charge is 0.480 e. The van der Waals surface area contributed by atoms with E-state index in [1.165, 1.54) is 25.7 Å².